The fourth-order valence-corrected chi connectivity index (χ4v) is 9.92. The number of rotatable bonds is 9. The summed E-state index contributed by atoms with van der Waals surface area (Å²) < 4.78 is 46.8. The summed E-state index contributed by atoms with van der Waals surface area (Å²) in [4.78, 5) is 66.1. The van der Waals surface area contributed by atoms with Crippen molar-refractivity contribution in [1.29, 1.82) is 0 Å². The van der Waals surface area contributed by atoms with Crippen LogP contribution in [0, 0.1) is 23.7 Å². The number of nitrogens with zero attached hydrogens (tertiary/aromatic N) is 6. The fraction of sp³-hybridized carbons (Fsp3) is 0.267. The van der Waals surface area contributed by atoms with E-state index in [-0.39, 0.29) is 30.2 Å². The van der Waals surface area contributed by atoms with Crippen LogP contribution >= 0.6 is 23.2 Å². The van der Waals surface area contributed by atoms with E-state index in [1.165, 1.54) is 6.07 Å². The summed E-state index contributed by atoms with van der Waals surface area (Å²) >= 11 is 12.6. The van der Waals surface area contributed by atoms with Crippen molar-refractivity contribution in [2.75, 3.05) is 29.3 Å². The van der Waals surface area contributed by atoms with Crippen molar-refractivity contribution in [3.8, 4) is 0 Å². The molecule has 6 atom stereocenters. The van der Waals surface area contributed by atoms with Crippen molar-refractivity contribution in [3.63, 3.8) is 0 Å². The van der Waals surface area contributed by atoms with Gasteiger partial charge in [-0.25, -0.2) is 4.98 Å². The van der Waals surface area contributed by atoms with Crippen LogP contribution in [0.3, 0.4) is 0 Å². The SMILES string of the molecule is CN(C)c1ccc(N=Nc2ccc(N3C(=O)C4CC=C5C(CC6C(=O)N(Nc7ncc(C(F)(F)F)cc7Cl)C(=O)C6(c6ccc(Cl)cc6)C5c5ccc(CO)o5)C4C3=O)cc2)cc1. The lowest BCUT2D eigenvalue weighted by molar-refractivity contribution is -0.139. The number of aliphatic hydroxyl groups excluding tert-OH is 1. The highest BCUT2D eigenvalue weighted by Gasteiger charge is 2.71. The molecule has 0 bridgehead atoms. The normalized spacial score (nSPS) is 24.4. The number of hydrogen-bond acceptors (Lipinski definition) is 11. The van der Waals surface area contributed by atoms with Gasteiger partial charge in [0.15, 0.2) is 5.82 Å². The Hall–Kier alpha value is -6.36. The van der Waals surface area contributed by atoms with Crippen LogP contribution in [0.25, 0.3) is 0 Å². The second-order valence-electron chi connectivity index (χ2n) is 16.0. The number of amides is 4. The zero-order chi connectivity index (χ0) is 44.5. The van der Waals surface area contributed by atoms with Gasteiger partial charge in [0.1, 0.15) is 23.5 Å². The molecule has 2 aliphatic heterocycles. The highest BCUT2D eigenvalue weighted by atomic mass is 35.5. The smallest absolute Gasteiger partial charge is 0.417 e. The lowest BCUT2D eigenvalue weighted by Crippen LogP contribution is -2.53. The number of hydrogen-bond donors (Lipinski definition) is 2. The Labute approximate surface area is 367 Å². The molecule has 18 heteroatoms. The van der Waals surface area contributed by atoms with Gasteiger partial charge in [0.25, 0.3) is 11.8 Å². The average molecular weight is 899 g/mol. The minimum Gasteiger partial charge on any atom is -0.463 e. The topological polar surface area (TPSA) is 161 Å². The number of furan rings is 1. The molecule has 4 amide bonds. The zero-order valence-electron chi connectivity index (χ0n) is 33.4. The Morgan fingerprint density at radius 3 is 2.16 bits per heavy atom. The second kappa shape index (κ2) is 15.8. The number of aromatic nitrogens is 1. The summed E-state index contributed by atoms with van der Waals surface area (Å²) in [6.07, 6.45) is -2.37. The first-order valence-corrected chi connectivity index (χ1v) is 20.6. The summed E-state index contributed by atoms with van der Waals surface area (Å²) in [6, 6.07) is 24.1. The van der Waals surface area contributed by atoms with Gasteiger partial charge in [-0.3, -0.25) is 29.5 Å². The molecule has 322 valence electrons. The number of benzene rings is 3. The quantitative estimate of drug-likeness (QED) is 0.0835. The minimum atomic E-state index is -4.77. The predicted octanol–water partition coefficient (Wildman–Crippen LogP) is 9.16. The molecule has 4 heterocycles. The van der Waals surface area contributed by atoms with Crippen LogP contribution < -0.4 is 15.2 Å². The molecule has 13 nitrogen and oxygen atoms in total. The summed E-state index contributed by atoms with van der Waals surface area (Å²) in [6.45, 7) is -0.484. The number of nitrogens with one attached hydrogen (secondary N) is 1. The monoisotopic (exact) mass is 897 g/mol. The molecule has 9 rings (SSSR count). The molecule has 3 aromatic carbocycles. The number of azo groups is 1. The van der Waals surface area contributed by atoms with Crippen LogP contribution in [-0.4, -0.2) is 52.8 Å². The van der Waals surface area contributed by atoms with Crippen molar-refractivity contribution in [2.24, 2.45) is 33.9 Å². The van der Waals surface area contributed by atoms with Crippen LogP contribution in [0.1, 0.15) is 41.4 Å². The van der Waals surface area contributed by atoms with E-state index >= 15 is 4.79 Å². The van der Waals surface area contributed by atoms with Crippen LogP contribution in [0.15, 0.2) is 123 Å². The average Bonchev–Trinajstić information content (AvgIpc) is 3.91. The number of allylic oxidation sites excluding steroid dienone is 2. The molecule has 2 saturated heterocycles. The molecule has 2 N–H and O–H groups in total. The molecule has 2 aromatic heterocycles. The molecule has 0 spiro atoms. The van der Waals surface area contributed by atoms with Gasteiger partial charge >= 0.3 is 6.18 Å². The molecular weight excluding hydrogens is 862 g/mol. The Bertz CT molecular complexity index is 2720. The summed E-state index contributed by atoms with van der Waals surface area (Å²) in [5.74, 6) is -7.35. The number of imide groups is 2. The van der Waals surface area contributed by atoms with Crippen molar-refractivity contribution in [2.45, 2.75) is 37.0 Å². The predicted molar refractivity (Wildman–Crippen MR) is 225 cm³/mol. The van der Waals surface area contributed by atoms with Gasteiger partial charge in [0, 0.05) is 31.0 Å². The van der Waals surface area contributed by atoms with Crippen molar-refractivity contribution >= 4 is 75.4 Å². The van der Waals surface area contributed by atoms with Gasteiger partial charge in [-0.2, -0.15) is 28.4 Å². The number of alkyl halides is 3. The van der Waals surface area contributed by atoms with E-state index in [0.717, 1.165) is 10.6 Å². The van der Waals surface area contributed by atoms with Gasteiger partial charge in [-0.15, -0.1) is 0 Å². The van der Waals surface area contributed by atoms with E-state index in [0.29, 0.717) is 50.5 Å². The van der Waals surface area contributed by atoms with Crippen LogP contribution in [0.5, 0.6) is 0 Å². The number of carbonyl (C=O) groups excluding carboxylic acids is 4. The molecule has 63 heavy (non-hydrogen) atoms. The fourth-order valence-electron chi connectivity index (χ4n) is 9.58. The maximum Gasteiger partial charge on any atom is 0.417 e. The third kappa shape index (κ3) is 6.96. The summed E-state index contributed by atoms with van der Waals surface area (Å²) in [5.41, 5.74) is 3.05. The molecule has 6 unspecified atom stereocenters. The molecular formula is C45H36Cl2F3N7O6. The zero-order valence-corrected chi connectivity index (χ0v) is 34.9. The molecule has 5 aromatic rings. The Balaban J connectivity index is 1.09. The van der Waals surface area contributed by atoms with E-state index < -0.39 is 82.0 Å². The lowest BCUT2D eigenvalue weighted by Gasteiger charge is -2.49. The maximum atomic E-state index is 15.3. The number of fused-ring (bicyclic) bond motifs is 4. The van der Waals surface area contributed by atoms with Gasteiger partial charge in [-0.05, 0) is 103 Å². The van der Waals surface area contributed by atoms with Crippen molar-refractivity contribution in [1.82, 2.24) is 9.99 Å². The van der Waals surface area contributed by atoms with E-state index in [9.17, 15) is 32.7 Å². The van der Waals surface area contributed by atoms with E-state index in [1.54, 1.807) is 54.6 Å². The number of pyridine rings is 1. The number of aliphatic hydroxyl groups is 1. The number of halogens is 5. The minimum absolute atomic E-state index is 0.0850. The van der Waals surface area contributed by atoms with Crippen molar-refractivity contribution in [3.05, 3.63) is 142 Å². The van der Waals surface area contributed by atoms with Crippen LogP contribution in [0.4, 0.5) is 41.7 Å². The maximum absolute atomic E-state index is 15.3. The Morgan fingerprint density at radius 2 is 1.56 bits per heavy atom. The Kier molecular flexibility index (Phi) is 10.5. The molecule has 0 radical (unpaired) electrons. The van der Waals surface area contributed by atoms with Crippen molar-refractivity contribution < 1.29 is 41.9 Å². The number of anilines is 3. The van der Waals surface area contributed by atoms with E-state index in [2.05, 4.69) is 20.6 Å². The van der Waals surface area contributed by atoms with Crippen LogP contribution in [-0.2, 0) is 37.4 Å². The first-order chi connectivity index (χ1) is 30.1. The molecule has 1 saturated carbocycles. The molecule has 3 fully saturated rings. The lowest BCUT2D eigenvalue weighted by atomic mass is 9.50. The molecule has 2 aliphatic carbocycles. The van der Waals surface area contributed by atoms with Gasteiger partial charge in [-0.1, -0.05) is 47.0 Å². The third-order valence-electron chi connectivity index (χ3n) is 12.4. The van der Waals surface area contributed by atoms with E-state index in [4.69, 9.17) is 27.6 Å². The first kappa shape index (κ1) is 42.0. The first-order valence-electron chi connectivity index (χ1n) is 19.8. The van der Waals surface area contributed by atoms with Gasteiger partial charge < -0.3 is 14.4 Å². The molecule has 4 aliphatic rings. The van der Waals surface area contributed by atoms with Crippen LogP contribution in [0.2, 0.25) is 10.0 Å². The number of carbonyl (C=O) groups is 4. The van der Waals surface area contributed by atoms with Gasteiger partial charge in [0.05, 0.1) is 51.3 Å². The second-order valence-corrected chi connectivity index (χ2v) is 16.9. The number of hydrazine groups is 1. The highest BCUT2D eigenvalue weighted by molar-refractivity contribution is 6.33. The standard InChI is InChI=1S/C45H36Cl2F3N7O6/c1-55(2)28-11-7-26(8-12-28)52-53-27-9-13-29(14-10-27)56-40(59)32-17-16-31-33(37(32)42(56)61)20-34-41(60)57(54-39-35(47)19-24(21-51-39)45(48,49)50)43(62)44(34,23-3-5-25(46)6-4-23)38(31)36-18-15-30(22-58)63-36/h3-16,18-19,21,32-34,37-38,58H,17,20,22H2,1-2H3,(H,51,54). The van der Waals surface area contributed by atoms with Gasteiger partial charge in [0.2, 0.25) is 11.8 Å². The largest absolute Gasteiger partial charge is 0.463 e. The Morgan fingerprint density at radius 1 is 0.889 bits per heavy atom. The third-order valence-corrected chi connectivity index (χ3v) is 13.0. The summed E-state index contributed by atoms with van der Waals surface area (Å²) in [5, 5.41) is 19.2. The highest BCUT2D eigenvalue weighted by Crippen LogP contribution is 2.64. The van der Waals surface area contributed by atoms with E-state index in [1.807, 2.05) is 49.3 Å². The summed E-state index contributed by atoms with van der Waals surface area (Å²) in [7, 11) is 3.87.